The number of nitrogens with one attached hydrogen (secondary N) is 2. The fourth-order valence-corrected chi connectivity index (χ4v) is 3.05. The molecule has 0 spiro atoms. The van der Waals surface area contributed by atoms with Crippen LogP contribution in [0.15, 0.2) is 54.6 Å². The summed E-state index contributed by atoms with van der Waals surface area (Å²) in [5.41, 5.74) is 3.24. The lowest BCUT2D eigenvalue weighted by atomic mass is 9.81. The van der Waals surface area contributed by atoms with Gasteiger partial charge in [0.1, 0.15) is 0 Å². The van der Waals surface area contributed by atoms with E-state index < -0.39 is 0 Å². The lowest BCUT2D eigenvalue weighted by Gasteiger charge is -2.34. The van der Waals surface area contributed by atoms with Crippen LogP contribution in [0.2, 0.25) is 0 Å². The molecule has 2 aromatic carbocycles. The third kappa shape index (κ3) is 4.59. The number of amides is 1. The number of carbonyl (C=O) groups excluding carboxylic acids is 1. The van der Waals surface area contributed by atoms with Gasteiger partial charge < -0.3 is 10.6 Å². The maximum atomic E-state index is 12.4. The van der Waals surface area contributed by atoms with E-state index in [2.05, 4.69) is 29.7 Å². The van der Waals surface area contributed by atoms with Crippen molar-refractivity contribution in [3.8, 4) is 11.1 Å². The second-order valence-corrected chi connectivity index (χ2v) is 6.69. The molecule has 24 heavy (non-hydrogen) atoms. The average molecular weight is 345 g/mol. The molecule has 1 heterocycles. The molecule has 0 unspecified atom stereocenters. The minimum Gasteiger partial charge on any atom is -0.351 e. The number of carbonyl (C=O) groups is 1. The van der Waals surface area contributed by atoms with Crippen LogP contribution in [0.25, 0.3) is 11.1 Å². The summed E-state index contributed by atoms with van der Waals surface area (Å²) in [4.78, 5) is 12.4. The van der Waals surface area contributed by atoms with Crippen molar-refractivity contribution >= 4 is 18.3 Å². The van der Waals surface area contributed by atoms with Gasteiger partial charge in [0.15, 0.2) is 0 Å². The first kappa shape index (κ1) is 18.5. The van der Waals surface area contributed by atoms with Crippen molar-refractivity contribution in [2.24, 2.45) is 5.41 Å². The van der Waals surface area contributed by atoms with E-state index in [9.17, 15) is 4.79 Å². The van der Waals surface area contributed by atoms with E-state index in [4.69, 9.17) is 0 Å². The maximum Gasteiger partial charge on any atom is 0.251 e. The Hall–Kier alpha value is -1.84. The van der Waals surface area contributed by atoms with E-state index in [0.29, 0.717) is 0 Å². The minimum atomic E-state index is 0. The number of benzene rings is 2. The van der Waals surface area contributed by atoms with Crippen LogP contribution in [0.5, 0.6) is 0 Å². The van der Waals surface area contributed by atoms with Gasteiger partial charge in [0.2, 0.25) is 0 Å². The maximum absolute atomic E-state index is 12.4. The highest BCUT2D eigenvalue weighted by Gasteiger charge is 2.27. The zero-order valence-electron chi connectivity index (χ0n) is 14.0. The molecule has 1 amide bonds. The predicted octanol–water partition coefficient (Wildman–Crippen LogP) is 3.89. The SMILES string of the molecule is CC1(CNC(=O)c2ccc(-c3ccccc3)cc2)CCNCC1.Cl. The summed E-state index contributed by atoms with van der Waals surface area (Å²) in [5, 5.41) is 6.47. The Balaban J connectivity index is 0.00000208. The van der Waals surface area contributed by atoms with Crippen molar-refractivity contribution in [2.75, 3.05) is 19.6 Å². The minimum absolute atomic E-state index is 0. The average Bonchev–Trinajstić information content (AvgIpc) is 2.61. The van der Waals surface area contributed by atoms with Crippen LogP contribution >= 0.6 is 12.4 Å². The van der Waals surface area contributed by atoms with Gasteiger partial charge in [-0.1, -0.05) is 49.4 Å². The van der Waals surface area contributed by atoms with Crippen molar-refractivity contribution < 1.29 is 4.79 Å². The Kier molecular flexibility index (Phi) is 6.41. The second kappa shape index (κ2) is 8.32. The van der Waals surface area contributed by atoms with E-state index in [1.54, 1.807) is 0 Å². The third-order valence-electron chi connectivity index (χ3n) is 4.74. The molecule has 2 aromatic rings. The molecule has 0 aromatic heterocycles. The lowest BCUT2D eigenvalue weighted by Crippen LogP contribution is -2.42. The van der Waals surface area contributed by atoms with Gasteiger partial charge >= 0.3 is 0 Å². The van der Waals surface area contributed by atoms with Gasteiger partial charge in [-0.25, -0.2) is 0 Å². The van der Waals surface area contributed by atoms with Crippen LogP contribution in [-0.4, -0.2) is 25.5 Å². The van der Waals surface area contributed by atoms with E-state index in [-0.39, 0.29) is 23.7 Å². The first-order valence-electron chi connectivity index (χ1n) is 8.31. The smallest absolute Gasteiger partial charge is 0.251 e. The molecule has 1 fully saturated rings. The van der Waals surface area contributed by atoms with Gasteiger partial charge in [-0.15, -0.1) is 12.4 Å². The van der Waals surface area contributed by atoms with E-state index in [1.807, 2.05) is 42.5 Å². The largest absolute Gasteiger partial charge is 0.351 e. The molecule has 128 valence electrons. The molecule has 0 radical (unpaired) electrons. The molecule has 3 nitrogen and oxygen atoms in total. The van der Waals surface area contributed by atoms with Crippen LogP contribution in [-0.2, 0) is 0 Å². The Morgan fingerprint density at radius 1 is 1.00 bits per heavy atom. The summed E-state index contributed by atoms with van der Waals surface area (Å²) in [6.45, 7) is 5.08. The quantitative estimate of drug-likeness (QED) is 0.883. The molecule has 0 bridgehead atoms. The normalized spacial score (nSPS) is 16.0. The van der Waals surface area contributed by atoms with Crippen molar-refractivity contribution in [1.29, 1.82) is 0 Å². The monoisotopic (exact) mass is 344 g/mol. The molecule has 0 saturated carbocycles. The highest BCUT2D eigenvalue weighted by atomic mass is 35.5. The number of rotatable bonds is 4. The van der Waals surface area contributed by atoms with Gasteiger partial charge in [-0.05, 0) is 54.6 Å². The predicted molar refractivity (Wildman–Crippen MR) is 102 cm³/mol. The molecule has 0 aliphatic carbocycles. The van der Waals surface area contributed by atoms with Crippen molar-refractivity contribution in [1.82, 2.24) is 10.6 Å². The van der Waals surface area contributed by atoms with Crippen LogP contribution in [0.1, 0.15) is 30.1 Å². The first-order chi connectivity index (χ1) is 11.2. The topological polar surface area (TPSA) is 41.1 Å². The molecule has 2 N–H and O–H groups in total. The van der Waals surface area contributed by atoms with Crippen LogP contribution < -0.4 is 10.6 Å². The van der Waals surface area contributed by atoms with Crippen LogP contribution in [0.4, 0.5) is 0 Å². The zero-order chi connectivity index (χ0) is 16.1. The third-order valence-corrected chi connectivity index (χ3v) is 4.74. The molecule has 1 saturated heterocycles. The fourth-order valence-electron chi connectivity index (χ4n) is 3.05. The van der Waals surface area contributed by atoms with Gasteiger partial charge in [0.25, 0.3) is 5.91 Å². The summed E-state index contributed by atoms with van der Waals surface area (Å²) in [7, 11) is 0. The number of halogens is 1. The van der Waals surface area contributed by atoms with E-state index in [1.165, 1.54) is 5.56 Å². The molecule has 3 rings (SSSR count). The zero-order valence-corrected chi connectivity index (χ0v) is 14.9. The van der Waals surface area contributed by atoms with Crippen LogP contribution in [0, 0.1) is 5.41 Å². The summed E-state index contributed by atoms with van der Waals surface area (Å²) in [5.74, 6) is 0.0179. The second-order valence-electron chi connectivity index (χ2n) is 6.69. The first-order valence-corrected chi connectivity index (χ1v) is 8.31. The number of hydrogen-bond acceptors (Lipinski definition) is 2. The highest BCUT2D eigenvalue weighted by molar-refractivity contribution is 5.94. The Morgan fingerprint density at radius 3 is 2.21 bits per heavy atom. The summed E-state index contributed by atoms with van der Waals surface area (Å²) in [6.07, 6.45) is 2.22. The van der Waals surface area contributed by atoms with E-state index >= 15 is 0 Å². The molecular formula is C20H25ClN2O. The number of piperidine rings is 1. The van der Waals surface area contributed by atoms with Gasteiger partial charge in [0, 0.05) is 12.1 Å². The molecule has 0 atom stereocenters. The van der Waals surface area contributed by atoms with Crippen LogP contribution in [0.3, 0.4) is 0 Å². The Morgan fingerprint density at radius 2 is 1.58 bits per heavy atom. The Labute approximate surface area is 150 Å². The lowest BCUT2D eigenvalue weighted by molar-refractivity contribution is 0.0922. The molecule has 1 aliphatic heterocycles. The molecule has 1 aliphatic rings. The molecule has 4 heteroatoms. The highest BCUT2D eigenvalue weighted by Crippen LogP contribution is 2.27. The van der Waals surface area contributed by atoms with Crippen molar-refractivity contribution in [3.05, 3.63) is 60.2 Å². The van der Waals surface area contributed by atoms with E-state index in [0.717, 1.165) is 43.6 Å². The summed E-state index contributed by atoms with van der Waals surface area (Å²) >= 11 is 0. The van der Waals surface area contributed by atoms with Gasteiger partial charge in [-0.2, -0.15) is 0 Å². The summed E-state index contributed by atoms with van der Waals surface area (Å²) in [6, 6.07) is 18.0. The number of hydrogen-bond donors (Lipinski definition) is 2. The fraction of sp³-hybridized carbons (Fsp3) is 0.350. The van der Waals surface area contributed by atoms with Gasteiger partial charge in [-0.3, -0.25) is 4.79 Å². The van der Waals surface area contributed by atoms with Gasteiger partial charge in [0.05, 0.1) is 0 Å². The summed E-state index contributed by atoms with van der Waals surface area (Å²) < 4.78 is 0. The molecular weight excluding hydrogens is 320 g/mol. The van der Waals surface area contributed by atoms with Crippen molar-refractivity contribution in [2.45, 2.75) is 19.8 Å². The Bertz CT molecular complexity index is 649. The van der Waals surface area contributed by atoms with Crippen molar-refractivity contribution in [3.63, 3.8) is 0 Å². The standard InChI is InChI=1S/C20H24N2O.ClH/c1-20(11-13-21-14-12-20)15-22-19(23)18-9-7-17(8-10-18)16-5-3-2-4-6-16;/h2-10,21H,11-15H2,1H3,(H,22,23);1H.